The predicted molar refractivity (Wildman–Crippen MR) is 203 cm³/mol. The van der Waals surface area contributed by atoms with E-state index < -0.39 is 6.10 Å². The van der Waals surface area contributed by atoms with E-state index in [2.05, 4.69) is 38.9 Å². The Morgan fingerprint density at radius 3 is 1.57 bits per heavy atom. The summed E-state index contributed by atoms with van der Waals surface area (Å²) in [6.45, 7) is 1.94. The molecule has 4 heterocycles. The van der Waals surface area contributed by atoms with Gasteiger partial charge in [-0.3, -0.25) is 9.59 Å². The number of carbonyl (C=O) groups is 2. The van der Waals surface area contributed by atoms with Gasteiger partial charge in [-0.25, -0.2) is 28.7 Å². The van der Waals surface area contributed by atoms with Gasteiger partial charge in [0.15, 0.2) is 0 Å². The highest BCUT2D eigenvalue weighted by Gasteiger charge is 2.31. The summed E-state index contributed by atoms with van der Waals surface area (Å²) in [6, 6.07) is 19.9. The van der Waals surface area contributed by atoms with Crippen LogP contribution in [0, 0.1) is 11.6 Å². The summed E-state index contributed by atoms with van der Waals surface area (Å²) in [7, 11) is 4.13. The molecule has 8 rings (SSSR count). The van der Waals surface area contributed by atoms with Gasteiger partial charge >= 0.3 is 0 Å². The van der Waals surface area contributed by atoms with Crippen LogP contribution in [0.25, 0.3) is 44.1 Å². The molecule has 2 aliphatic heterocycles. The molecule has 276 valence electrons. The van der Waals surface area contributed by atoms with Crippen LogP contribution in [-0.2, 0) is 0 Å². The number of nitrogen functional groups attached to an aromatic ring is 2. The fourth-order valence-electron chi connectivity index (χ4n) is 6.92. The van der Waals surface area contributed by atoms with Crippen LogP contribution in [0.15, 0.2) is 85.5 Å². The number of hydrogen-bond acceptors (Lipinski definition) is 10. The minimum Gasteiger partial charge on any atom is -0.389 e. The van der Waals surface area contributed by atoms with Gasteiger partial charge in [0.25, 0.3) is 11.8 Å². The molecule has 14 heteroatoms. The first-order valence-electron chi connectivity index (χ1n) is 17.5. The van der Waals surface area contributed by atoms with E-state index in [1.165, 1.54) is 41.8 Å². The Morgan fingerprint density at radius 2 is 1.15 bits per heavy atom. The average Bonchev–Trinajstić information content (AvgIpc) is 3.16. The molecule has 5 N–H and O–H groups in total. The lowest BCUT2D eigenvalue weighted by Gasteiger charge is -2.36. The minimum absolute atomic E-state index is 0.0800. The molecule has 6 aromatic rings. The highest BCUT2D eigenvalue weighted by atomic mass is 19.1. The molecule has 2 saturated heterocycles. The van der Waals surface area contributed by atoms with Crippen molar-refractivity contribution in [3.8, 4) is 22.3 Å². The number of piperidine rings is 1. The summed E-state index contributed by atoms with van der Waals surface area (Å²) >= 11 is 0. The Kier molecular flexibility index (Phi) is 10.1. The first kappa shape index (κ1) is 36.2. The fraction of sp³-hybridized carbons (Fsp3) is 0.250. The Bertz CT molecular complexity index is 2380. The van der Waals surface area contributed by atoms with Gasteiger partial charge in [-0.2, -0.15) is 0 Å². The van der Waals surface area contributed by atoms with Crippen LogP contribution in [0.5, 0.6) is 0 Å². The lowest BCUT2D eigenvalue weighted by Crippen LogP contribution is -2.53. The maximum absolute atomic E-state index is 13.8. The number of aliphatic hydroxyl groups excluding tert-OH is 1. The Balaban J connectivity index is 0.000000168. The van der Waals surface area contributed by atoms with Crippen molar-refractivity contribution in [2.75, 3.05) is 51.7 Å². The number of rotatable bonds is 5. The van der Waals surface area contributed by atoms with Crippen LogP contribution in [0.2, 0.25) is 0 Å². The van der Waals surface area contributed by atoms with Gasteiger partial charge in [-0.1, -0.05) is 24.3 Å². The number of fused-ring (bicyclic) bond motifs is 2. The van der Waals surface area contributed by atoms with Crippen molar-refractivity contribution in [2.45, 2.75) is 25.0 Å². The van der Waals surface area contributed by atoms with Gasteiger partial charge in [0.2, 0.25) is 0 Å². The van der Waals surface area contributed by atoms with Crippen LogP contribution in [0.3, 0.4) is 0 Å². The SMILES string of the molecule is CN(C)C1CCN(C(=O)c2cc(-c3cccc(F)c3)cc3c(N)ncnc23)CC1.Nc1ncnc2c(C(=O)N3CC(O)C3)cc(-c3cccc(F)c3)cc12. The van der Waals surface area contributed by atoms with E-state index in [1.807, 2.05) is 11.0 Å². The van der Waals surface area contributed by atoms with Crippen molar-refractivity contribution in [3.63, 3.8) is 0 Å². The lowest BCUT2D eigenvalue weighted by atomic mass is 9.97. The minimum atomic E-state index is -0.499. The number of likely N-dealkylation sites (tertiary alicyclic amines) is 2. The van der Waals surface area contributed by atoms with Crippen LogP contribution in [0.1, 0.15) is 33.6 Å². The van der Waals surface area contributed by atoms with E-state index in [0.717, 1.165) is 12.8 Å². The van der Waals surface area contributed by atoms with E-state index in [9.17, 15) is 23.5 Å². The molecular weight excluding hydrogens is 692 g/mol. The number of aliphatic hydroxyl groups is 1. The van der Waals surface area contributed by atoms with Crippen LogP contribution in [-0.4, -0.2) is 104 Å². The monoisotopic (exact) mass is 731 g/mol. The van der Waals surface area contributed by atoms with Crippen LogP contribution in [0.4, 0.5) is 20.4 Å². The highest BCUT2D eigenvalue weighted by molar-refractivity contribution is 6.10. The zero-order valence-electron chi connectivity index (χ0n) is 29.8. The molecule has 0 spiro atoms. The smallest absolute Gasteiger partial charge is 0.256 e. The molecule has 2 aliphatic rings. The van der Waals surface area contributed by atoms with E-state index in [1.54, 1.807) is 42.5 Å². The Hall–Kier alpha value is -6.12. The molecule has 4 aromatic carbocycles. The largest absolute Gasteiger partial charge is 0.389 e. The number of aromatic nitrogens is 4. The normalized spacial score (nSPS) is 14.9. The van der Waals surface area contributed by atoms with Gasteiger partial charge < -0.3 is 31.3 Å². The number of β-amino-alcohol motifs (C(OH)–C–C–N with tert-alkyl or cyclic N) is 1. The maximum Gasteiger partial charge on any atom is 0.256 e. The molecule has 0 saturated carbocycles. The summed E-state index contributed by atoms with van der Waals surface area (Å²) < 4.78 is 27.4. The van der Waals surface area contributed by atoms with Gasteiger partial charge in [0.05, 0.1) is 28.3 Å². The van der Waals surface area contributed by atoms with Crippen molar-refractivity contribution in [1.82, 2.24) is 34.6 Å². The maximum atomic E-state index is 13.8. The van der Waals surface area contributed by atoms with Gasteiger partial charge in [0, 0.05) is 43.0 Å². The summed E-state index contributed by atoms with van der Waals surface area (Å²) in [5.74, 6) is -0.475. The topological polar surface area (TPSA) is 168 Å². The second kappa shape index (κ2) is 15.1. The Labute approximate surface area is 310 Å². The Morgan fingerprint density at radius 1 is 0.685 bits per heavy atom. The quantitative estimate of drug-likeness (QED) is 0.219. The van der Waals surface area contributed by atoms with Crippen LogP contribution >= 0.6 is 0 Å². The molecule has 0 atom stereocenters. The molecule has 2 amide bonds. The third kappa shape index (κ3) is 7.38. The number of anilines is 2. The third-order valence-corrected chi connectivity index (χ3v) is 9.95. The first-order valence-corrected chi connectivity index (χ1v) is 17.5. The number of benzene rings is 4. The first-order chi connectivity index (χ1) is 26.0. The average molecular weight is 732 g/mol. The van der Waals surface area contributed by atoms with Crippen molar-refractivity contribution < 1.29 is 23.5 Å². The fourth-order valence-corrected chi connectivity index (χ4v) is 6.92. The molecule has 54 heavy (non-hydrogen) atoms. The second-order valence-corrected chi connectivity index (χ2v) is 13.7. The van der Waals surface area contributed by atoms with Gasteiger partial charge in [-0.05, 0) is 97.7 Å². The number of nitrogens with two attached hydrogens (primary N) is 2. The molecule has 12 nitrogen and oxygen atoms in total. The van der Waals surface area contributed by atoms with Gasteiger partial charge in [0.1, 0.15) is 35.9 Å². The summed E-state index contributed by atoms with van der Waals surface area (Å²) in [6.07, 6.45) is 4.03. The second-order valence-electron chi connectivity index (χ2n) is 13.7. The number of carbonyl (C=O) groups excluding carboxylic acids is 2. The van der Waals surface area contributed by atoms with Crippen molar-refractivity contribution in [1.29, 1.82) is 0 Å². The van der Waals surface area contributed by atoms with Crippen molar-refractivity contribution in [3.05, 3.63) is 108 Å². The van der Waals surface area contributed by atoms with E-state index >= 15 is 0 Å². The molecule has 0 unspecified atom stereocenters. The zero-order valence-corrected chi connectivity index (χ0v) is 29.8. The van der Waals surface area contributed by atoms with Crippen molar-refractivity contribution >= 4 is 45.3 Å². The molecule has 2 aromatic heterocycles. The van der Waals surface area contributed by atoms with E-state index in [4.69, 9.17) is 11.5 Å². The van der Waals surface area contributed by atoms with E-state index in [0.29, 0.717) is 80.1 Å². The summed E-state index contributed by atoms with van der Waals surface area (Å²) in [5.41, 5.74) is 16.5. The van der Waals surface area contributed by atoms with Crippen LogP contribution < -0.4 is 11.5 Å². The zero-order chi connectivity index (χ0) is 38.1. The van der Waals surface area contributed by atoms with Crippen molar-refractivity contribution in [2.24, 2.45) is 0 Å². The molecule has 0 bridgehead atoms. The molecule has 0 radical (unpaired) electrons. The molecule has 0 aliphatic carbocycles. The third-order valence-electron chi connectivity index (χ3n) is 9.95. The molecule has 2 fully saturated rings. The standard InChI is InChI=1S/C22H24FN5O.C18H15FN4O2/c1-27(2)17-6-8-28(9-7-17)22(29)19-12-15(14-4-3-5-16(23)10-14)11-18-20(19)25-13-26-21(18)24;19-12-3-1-2-10(4-12)11-5-14-16(21-9-22-17(14)20)15(6-11)18(25)23-7-13(24)8-23/h3-5,10-13,17H,6-9H2,1-2H3,(H2,24,25,26);1-6,9,13,24H,7-8H2,(H2,20,21,22). The lowest BCUT2D eigenvalue weighted by molar-refractivity contribution is 0.00602. The summed E-state index contributed by atoms with van der Waals surface area (Å²) in [5, 5.41) is 10.6. The number of amides is 2. The number of hydrogen-bond donors (Lipinski definition) is 3. The van der Waals surface area contributed by atoms with Gasteiger partial charge in [-0.15, -0.1) is 0 Å². The number of nitrogens with zero attached hydrogens (tertiary/aromatic N) is 7. The predicted octanol–water partition coefficient (Wildman–Crippen LogP) is 5.02. The number of halogens is 2. The molecular formula is C40H39F2N9O3. The highest BCUT2D eigenvalue weighted by Crippen LogP contribution is 2.32. The summed E-state index contributed by atoms with van der Waals surface area (Å²) in [4.78, 5) is 48.4. The van der Waals surface area contributed by atoms with E-state index in [-0.39, 0.29) is 42.4 Å².